The summed E-state index contributed by atoms with van der Waals surface area (Å²) in [5, 5.41) is 5.05. The highest BCUT2D eigenvalue weighted by molar-refractivity contribution is 7.89. The molecule has 0 amide bonds. The minimum absolute atomic E-state index is 0.0413. The maximum Gasteiger partial charge on any atom is 0.348 e. The van der Waals surface area contributed by atoms with Crippen LogP contribution in [0.1, 0.15) is 35.3 Å². The van der Waals surface area contributed by atoms with Crippen molar-refractivity contribution in [2.45, 2.75) is 38.2 Å². The van der Waals surface area contributed by atoms with E-state index in [0.29, 0.717) is 4.88 Å². The van der Waals surface area contributed by atoms with E-state index in [1.807, 2.05) is 20.8 Å². The molecule has 114 valence electrons. The minimum atomic E-state index is -3.81. The van der Waals surface area contributed by atoms with Gasteiger partial charge in [0.05, 0.1) is 17.1 Å². The highest BCUT2D eigenvalue weighted by Gasteiger charge is 2.20. The lowest BCUT2D eigenvalue weighted by Gasteiger charge is -2.19. The number of carbonyl (C=O) groups is 1. The van der Waals surface area contributed by atoms with Gasteiger partial charge >= 0.3 is 5.97 Å². The number of sulfonamides is 1. The molecule has 1 aromatic rings. The highest BCUT2D eigenvalue weighted by Crippen LogP contribution is 2.25. The van der Waals surface area contributed by atoms with Crippen LogP contribution in [0.3, 0.4) is 0 Å². The van der Waals surface area contributed by atoms with Crippen molar-refractivity contribution in [2.75, 3.05) is 13.2 Å². The zero-order chi connectivity index (χ0) is 15.6. The SMILES string of the molecule is Cc1sc(C(=O)OCCOC(C)(C)C)cc1S(N)(=O)=O. The number of aryl methyl sites for hydroxylation is 1. The van der Waals surface area contributed by atoms with Crippen LogP contribution in [0.15, 0.2) is 11.0 Å². The molecule has 0 aliphatic carbocycles. The Morgan fingerprint density at radius 3 is 2.40 bits per heavy atom. The quantitative estimate of drug-likeness (QED) is 0.657. The van der Waals surface area contributed by atoms with Crippen LogP contribution in [-0.2, 0) is 19.5 Å². The second-order valence-corrected chi connectivity index (χ2v) is 7.96. The third kappa shape index (κ3) is 5.20. The van der Waals surface area contributed by atoms with Crippen molar-refractivity contribution in [1.82, 2.24) is 0 Å². The fourth-order valence-corrected chi connectivity index (χ4v) is 3.44. The Labute approximate surface area is 122 Å². The van der Waals surface area contributed by atoms with Crippen molar-refractivity contribution in [3.8, 4) is 0 Å². The zero-order valence-electron chi connectivity index (χ0n) is 11.9. The molecule has 0 spiro atoms. The van der Waals surface area contributed by atoms with Crippen molar-refractivity contribution in [3.05, 3.63) is 15.8 Å². The number of ether oxygens (including phenoxy) is 2. The van der Waals surface area contributed by atoms with E-state index >= 15 is 0 Å². The second-order valence-electron chi connectivity index (χ2n) is 5.17. The number of primary sulfonamides is 1. The Kier molecular flexibility index (Phi) is 5.31. The summed E-state index contributed by atoms with van der Waals surface area (Å²) >= 11 is 1.04. The number of rotatable bonds is 5. The van der Waals surface area contributed by atoms with Crippen LogP contribution in [0, 0.1) is 6.92 Å². The van der Waals surface area contributed by atoms with E-state index in [1.165, 1.54) is 6.07 Å². The molecule has 8 heteroatoms. The largest absolute Gasteiger partial charge is 0.459 e. The van der Waals surface area contributed by atoms with Gasteiger partial charge in [-0.1, -0.05) is 0 Å². The molecule has 0 aliphatic rings. The van der Waals surface area contributed by atoms with Gasteiger partial charge in [0.25, 0.3) is 0 Å². The summed E-state index contributed by atoms with van der Waals surface area (Å²) in [6, 6.07) is 1.24. The highest BCUT2D eigenvalue weighted by atomic mass is 32.2. The molecule has 2 N–H and O–H groups in total. The van der Waals surface area contributed by atoms with Gasteiger partial charge in [-0.15, -0.1) is 11.3 Å². The van der Waals surface area contributed by atoms with E-state index in [1.54, 1.807) is 6.92 Å². The molecule has 0 aliphatic heterocycles. The van der Waals surface area contributed by atoms with E-state index in [-0.39, 0.29) is 28.6 Å². The maximum absolute atomic E-state index is 11.8. The Bertz CT molecular complexity index is 583. The number of esters is 1. The summed E-state index contributed by atoms with van der Waals surface area (Å²) in [5.41, 5.74) is -0.299. The Balaban J connectivity index is 2.61. The average Bonchev–Trinajstić information content (AvgIpc) is 2.65. The smallest absolute Gasteiger partial charge is 0.348 e. The number of hydrogen-bond donors (Lipinski definition) is 1. The molecular weight excluding hydrogens is 302 g/mol. The van der Waals surface area contributed by atoms with Crippen LogP contribution >= 0.6 is 11.3 Å². The van der Waals surface area contributed by atoms with Gasteiger partial charge in [0.15, 0.2) is 0 Å². The zero-order valence-corrected chi connectivity index (χ0v) is 13.6. The van der Waals surface area contributed by atoms with Gasteiger partial charge in [0, 0.05) is 4.88 Å². The molecule has 0 radical (unpaired) electrons. The van der Waals surface area contributed by atoms with Gasteiger partial charge in [-0.2, -0.15) is 0 Å². The first kappa shape index (κ1) is 17.1. The van der Waals surface area contributed by atoms with Gasteiger partial charge in [0.1, 0.15) is 11.5 Å². The predicted octanol–water partition coefficient (Wildman–Crippen LogP) is 1.68. The van der Waals surface area contributed by atoms with Gasteiger partial charge in [-0.25, -0.2) is 18.4 Å². The Hall–Kier alpha value is -0.960. The monoisotopic (exact) mass is 321 g/mol. The molecule has 0 unspecified atom stereocenters. The number of thiophene rings is 1. The van der Waals surface area contributed by atoms with Crippen LogP contribution in [0.5, 0.6) is 0 Å². The van der Waals surface area contributed by atoms with Crippen LogP contribution in [0.4, 0.5) is 0 Å². The first-order valence-corrected chi connectivity index (χ1v) is 8.31. The molecule has 1 aromatic heterocycles. The molecule has 20 heavy (non-hydrogen) atoms. The fraction of sp³-hybridized carbons (Fsp3) is 0.583. The first-order valence-electron chi connectivity index (χ1n) is 5.95. The summed E-state index contributed by atoms with van der Waals surface area (Å²) in [5.74, 6) is -0.578. The van der Waals surface area contributed by atoms with Crippen LogP contribution in [0.2, 0.25) is 0 Å². The number of hydrogen-bond acceptors (Lipinski definition) is 6. The molecule has 6 nitrogen and oxygen atoms in total. The standard InChI is InChI=1S/C12H19NO5S2/c1-8-10(20(13,15)16)7-9(19-8)11(14)17-5-6-18-12(2,3)4/h7H,5-6H2,1-4H3,(H2,13,15,16). The molecule has 0 saturated heterocycles. The fourth-order valence-electron chi connectivity index (χ4n) is 1.40. The van der Waals surface area contributed by atoms with E-state index in [4.69, 9.17) is 14.6 Å². The van der Waals surface area contributed by atoms with Gasteiger partial charge in [-0.05, 0) is 33.8 Å². The summed E-state index contributed by atoms with van der Waals surface area (Å²) in [6.45, 7) is 7.67. The van der Waals surface area contributed by atoms with Crippen LogP contribution in [0.25, 0.3) is 0 Å². The lowest BCUT2D eigenvalue weighted by molar-refractivity contribution is -0.0280. The van der Waals surface area contributed by atoms with Crippen LogP contribution in [-0.4, -0.2) is 33.2 Å². The average molecular weight is 321 g/mol. The topological polar surface area (TPSA) is 95.7 Å². The molecule has 1 rings (SSSR count). The minimum Gasteiger partial charge on any atom is -0.459 e. The van der Waals surface area contributed by atoms with Gasteiger partial charge in [-0.3, -0.25) is 0 Å². The third-order valence-electron chi connectivity index (χ3n) is 2.23. The molecular formula is C12H19NO5S2. The van der Waals surface area contributed by atoms with Gasteiger partial charge in [0.2, 0.25) is 10.0 Å². The third-order valence-corrected chi connectivity index (χ3v) is 4.43. The molecule has 0 bridgehead atoms. The Morgan fingerprint density at radius 2 is 1.95 bits per heavy atom. The van der Waals surface area contributed by atoms with Crippen molar-refractivity contribution >= 4 is 27.3 Å². The summed E-state index contributed by atoms with van der Waals surface area (Å²) in [6.07, 6.45) is 0. The molecule has 0 atom stereocenters. The van der Waals surface area contributed by atoms with E-state index in [2.05, 4.69) is 0 Å². The molecule has 0 fully saturated rings. The molecule has 0 aromatic carbocycles. The Morgan fingerprint density at radius 1 is 1.35 bits per heavy atom. The lowest BCUT2D eigenvalue weighted by Crippen LogP contribution is -2.22. The maximum atomic E-state index is 11.8. The predicted molar refractivity (Wildman–Crippen MR) is 76.4 cm³/mol. The van der Waals surface area contributed by atoms with Crippen molar-refractivity contribution in [1.29, 1.82) is 0 Å². The summed E-state index contributed by atoms with van der Waals surface area (Å²) < 4.78 is 33.0. The summed E-state index contributed by atoms with van der Waals surface area (Å²) in [7, 11) is -3.81. The molecule has 0 saturated carbocycles. The normalized spacial score (nSPS) is 12.4. The van der Waals surface area contributed by atoms with E-state index in [9.17, 15) is 13.2 Å². The van der Waals surface area contributed by atoms with Gasteiger partial charge < -0.3 is 9.47 Å². The van der Waals surface area contributed by atoms with Crippen molar-refractivity contribution in [2.24, 2.45) is 5.14 Å². The lowest BCUT2D eigenvalue weighted by atomic mass is 10.2. The van der Waals surface area contributed by atoms with Crippen LogP contribution < -0.4 is 5.14 Å². The van der Waals surface area contributed by atoms with E-state index in [0.717, 1.165) is 11.3 Å². The summed E-state index contributed by atoms with van der Waals surface area (Å²) in [4.78, 5) is 12.4. The molecule has 1 heterocycles. The second kappa shape index (κ2) is 6.21. The van der Waals surface area contributed by atoms with Crippen molar-refractivity contribution < 1.29 is 22.7 Å². The number of carbonyl (C=O) groups excluding carboxylic acids is 1. The van der Waals surface area contributed by atoms with E-state index < -0.39 is 16.0 Å². The number of nitrogens with two attached hydrogens (primary N) is 1. The first-order chi connectivity index (χ1) is 9.00. The van der Waals surface area contributed by atoms with Crippen molar-refractivity contribution in [3.63, 3.8) is 0 Å².